The van der Waals surface area contributed by atoms with Crippen LogP contribution in [0.25, 0.3) is 0 Å². The lowest BCUT2D eigenvalue weighted by molar-refractivity contribution is -0.383. The van der Waals surface area contributed by atoms with Gasteiger partial charge in [-0.2, -0.15) is 0 Å². The Bertz CT molecular complexity index is 671. The summed E-state index contributed by atoms with van der Waals surface area (Å²) in [6.07, 6.45) is 0. The molecule has 2 rings (SSSR count). The highest BCUT2D eigenvalue weighted by molar-refractivity contribution is 6.00. The number of nitro benzene ring substituents is 1. The molecule has 6 heteroatoms. The van der Waals surface area contributed by atoms with Gasteiger partial charge in [-0.3, -0.25) is 14.9 Å². The van der Waals surface area contributed by atoms with E-state index < -0.39 is 4.92 Å². The van der Waals surface area contributed by atoms with E-state index in [0.717, 1.165) is 5.56 Å². The van der Waals surface area contributed by atoms with Crippen molar-refractivity contribution in [2.24, 2.45) is 0 Å². The van der Waals surface area contributed by atoms with E-state index in [1.807, 2.05) is 30.3 Å². The molecule has 6 nitrogen and oxygen atoms in total. The molecule has 0 aliphatic heterocycles. The monoisotopic (exact) mass is 285 g/mol. The van der Waals surface area contributed by atoms with Crippen molar-refractivity contribution in [1.82, 2.24) is 4.90 Å². The number of carbonyl (C=O) groups is 1. The minimum Gasteiger partial charge on any atom is -0.393 e. The standard InChI is InChI=1S/C15H15N3O3/c1-17(10-11-6-3-2-4-7-11)15(19)12-8-5-9-13(14(12)16)18(20)21/h2-9H,10,16H2,1H3. The second kappa shape index (κ2) is 6.04. The first-order chi connectivity index (χ1) is 10.0. The fraction of sp³-hybridized carbons (Fsp3) is 0.133. The van der Waals surface area contributed by atoms with Gasteiger partial charge in [0.15, 0.2) is 0 Å². The van der Waals surface area contributed by atoms with E-state index >= 15 is 0 Å². The van der Waals surface area contributed by atoms with E-state index in [2.05, 4.69) is 0 Å². The number of nitrogens with zero attached hydrogens (tertiary/aromatic N) is 2. The molecule has 0 saturated carbocycles. The Kier molecular flexibility index (Phi) is 4.18. The van der Waals surface area contributed by atoms with Gasteiger partial charge in [-0.25, -0.2) is 0 Å². The molecule has 0 spiro atoms. The molecule has 0 bridgehead atoms. The maximum Gasteiger partial charge on any atom is 0.292 e. The summed E-state index contributed by atoms with van der Waals surface area (Å²) in [5.74, 6) is -0.347. The topological polar surface area (TPSA) is 89.5 Å². The van der Waals surface area contributed by atoms with Gasteiger partial charge in [-0.15, -0.1) is 0 Å². The van der Waals surface area contributed by atoms with E-state index in [0.29, 0.717) is 6.54 Å². The fourth-order valence-corrected chi connectivity index (χ4v) is 2.03. The predicted molar refractivity (Wildman–Crippen MR) is 79.7 cm³/mol. The molecule has 2 N–H and O–H groups in total. The van der Waals surface area contributed by atoms with Crippen LogP contribution in [0.3, 0.4) is 0 Å². The van der Waals surface area contributed by atoms with E-state index in [1.54, 1.807) is 7.05 Å². The minimum absolute atomic E-state index is 0.104. The van der Waals surface area contributed by atoms with E-state index in [-0.39, 0.29) is 22.8 Å². The highest BCUT2D eigenvalue weighted by Gasteiger charge is 2.21. The average Bonchev–Trinajstić information content (AvgIpc) is 2.47. The number of nitrogen functional groups attached to an aromatic ring is 1. The van der Waals surface area contributed by atoms with Crippen LogP contribution in [0.1, 0.15) is 15.9 Å². The molecule has 0 radical (unpaired) electrons. The lowest BCUT2D eigenvalue weighted by Crippen LogP contribution is -2.27. The molecule has 0 atom stereocenters. The number of carbonyl (C=O) groups excluding carboxylic acids is 1. The van der Waals surface area contributed by atoms with Crippen molar-refractivity contribution < 1.29 is 9.72 Å². The van der Waals surface area contributed by atoms with E-state index in [9.17, 15) is 14.9 Å². The molecule has 0 aliphatic carbocycles. The fourth-order valence-electron chi connectivity index (χ4n) is 2.03. The van der Waals surface area contributed by atoms with Crippen LogP contribution in [0.4, 0.5) is 11.4 Å². The van der Waals surface area contributed by atoms with Crippen LogP contribution in [0, 0.1) is 10.1 Å². The predicted octanol–water partition coefficient (Wildman–Crippen LogP) is 2.45. The van der Waals surface area contributed by atoms with Crippen molar-refractivity contribution in [2.45, 2.75) is 6.54 Å². The zero-order valence-electron chi connectivity index (χ0n) is 11.5. The Morgan fingerprint density at radius 3 is 2.48 bits per heavy atom. The van der Waals surface area contributed by atoms with Crippen molar-refractivity contribution in [3.63, 3.8) is 0 Å². The molecule has 0 heterocycles. The van der Waals surface area contributed by atoms with Crippen LogP contribution in [0.5, 0.6) is 0 Å². The Balaban J connectivity index is 2.24. The van der Waals surface area contributed by atoms with Gasteiger partial charge in [0.1, 0.15) is 5.69 Å². The van der Waals surface area contributed by atoms with Crippen molar-refractivity contribution in [2.75, 3.05) is 12.8 Å². The Morgan fingerprint density at radius 2 is 1.86 bits per heavy atom. The summed E-state index contributed by atoms with van der Waals surface area (Å²) < 4.78 is 0. The normalized spacial score (nSPS) is 10.1. The third-order valence-corrected chi connectivity index (χ3v) is 3.12. The van der Waals surface area contributed by atoms with Gasteiger partial charge in [0, 0.05) is 19.7 Å². The van der Waals surface area contributed by atoms with Crippen LogP contribution < -0.4 is 5.73 Å². The molecule has 0 aliphatic rings. The highest BCUT2D eigenvalue weighted by Crippen LogP contribution is 2.25. The third kappa shape index (κ3) is 3.17. The summed E-state index contributed by atoms with van der Waals surface area (Å²) >= 11 is 0. The zero-order valence-corrected chi connectivity index (χ0v) is 11.5. The SMILES string of the molecule is CN(Cc1ccccc1)C(=O)c1cccc([N+](=O)[O-])c1N. The molecule has 2 aromatic carbocycles. The van der Waals surface area contributed by atoms with Gasteiger partial charge in [-0.05, 0) is 11.6 Å². The molecule has 2 aromatic rings. The maximum atomic E-state index is 12.4. The third-order valence-electron chi connectivity index (χ3n) is 3.12. The number of benzene rings is 2. The molecule has 0 saturated heterocycles. The second-order valence-corrected chi connectivity index (χ2v) is 4.64. The molecule has 108 valence electrons. The number of nitrogens with two attached hydrogens (primary N) is 1. The Hall–Kier alpha value is -2.89. The number of rotatable bonds is 4. The Morgan fingerprint density at radius 1 is 1.19 bits per heavy atom. The number of amides is 1. The quantitative estimate of drug-likeness (QED) is 0.531. The molecule has 0 fully saturated rings. The summed E-state index contributed by atoms with van der Waals surface area (Å²) in [4.78, 5) is 24.1. The molecule has 21 heavy (non-hydrogen) atoms. The average molecular weight is 285 g/mol. The summed E-state index contributed by atoms with van der Waals surface area (Å²) in [7, 11) is 1.63. The first-order valence-electron chi connectivity index (χ1n) is 6.33. The first-order valence-corrected chi connectivity index (χ1v) is 6.33. The van der Waals surface area contributed by atoms with Crippen molar-refractivity contribution in [3.8, 4) is 0 Å². The number of hydrogen-bond acceptors (Lipinski definition) is 4. The van der Waals surface area contributed by atoms with Crippen molar-refractivity contribution >= 4 is 17.3 Å². The first kappa shape index (κ1) is 14.5. The van der Waals surface area contributed by atoms with Gasteiger partial charge in [0.25, 0.3) is 11.6 Å². The number of hydrogen-bond donors (Lipinski definition) is 1. The lowest BCUT2D eigenvalue weighted by Gasteiger charge is -2.18. The van der Waals surface area contributed by atoms with Crippen molar-refractivity contribution in [1.29, 1.82) is 0 Å². The van der Waals surface area contributed by atoms with E-state index in [4.69, 9.17) is 5.73 Å². The van der Waals surface area contributed by atoms with Gasteiger partial charge in [-0.1, -0.05) is 36.4 Å². The van der Waals surface area contributed by atoms with E-state index in [1.165, 1.54) is 23.1 Å². The second-order valence-electron chi connectivity index (χ2n) is 4.64. The summed E-state index contributed by atoms with van der Waals surface area (Å²) in [6, 6.07) is 13.7. The molecule has 0 aromatic heterocycles. The van der Waals surface area contributed by atoms with Gasteiger partial charge in [0.2, 0.25) is 0 Å². The Labute approximate surface area is 121 Å². The number of para-hydroxylation sites is 1. The summed E-state index contributed by atoms with van der Waals surface area (Å²) in [5, 5.41) is 10.9. The van der Waals surface area contributed by atoms with Crippen LogP contribution >= 0.6 is 0 Å². The largest absolute Gasteiger partial charge is 0.393 e. The van der Waals surface area contributed by atoms with Crippen LogP contribution in [-0.4, -0.2) is 22.8 Å². The van der Waals surface area contributed by atoms with Gasteiger partial charge < -0.3 is 10.6 Å². The number of anilines is 1. The molecule has 1 amide bonds. The van der Waals surface area contributed by atoms with Gasteiger partial charge in [0.05, 0.1) is 10.5 Å². The molecule has 0 unspecified atom stereocenters. The van der Waals surface area contributed by atoms with Crippen LogP contribution in [0.2, 0.25) is 0 Å². The smallest absolute Gasteiger partial charge is 0.292 e. The minimum atomic E-state index is -0.594. The zero-order chi connectivity index (χ0) is 15.4. The summed E-state index contributed by atoms with van der Waals surface area (Å²) in [6.45, 7) is 0.405. The van der Waals surface area contributed by atoms with Gasteiger partial charge >= 0.3 is 0 Å². The van der Waals surface area contributed by atoms with Crippen molar-refractivity contribution in [3.05, 3.63) is 69.8 Å². The molecular weight excluding hydrogens is 270 g/mol. The molecular formula is C15H15N3O3. The number of nitro groups is 1. The van der Waals surface area contributed by atoms with Crippen LogP contribution in [-0.2, 0) is 6.54 Å². The maximum absolute atomic E-state index is 12.4. The van der Waals surface area contributed by atoms with Crippen LogP contribution in [0.15, 0.2) is 48.5 Å². The lowest BCUT2D eigenvalue weighted by atomic mass is 10.1. The highest BCUT2D eigenvalue weighted by atomic mass is 16.6. The summed E-state index contributed by atoms with van der Waals surface area (Å²) in [5.41, 5.74) is 6.48.